The van der Waals surface area contributed by atoms with Crippen molar-refractivity contribution in [3.63, 3.8) is 0 Å². The molecular formula is C8H16O. The second-order valence-corrected chi connectivity index (χ2v) is 2.97. The summed E-state index contributed by atoms with van der Waals surface area (Å²) in [6, 6.07) is 0. The van der Waals surface area contributed by atoms with Crippen molar-refractivity contribution in [3.8, 4) is 0 Å². The van der Waals surface area contributed by atoms with Gasteiger partial charge in [0.1, 0.15) is 0 Å². The molecule has 9 heavy (non-hydrogen) atoms. The van der Waals surface area contributed by atoms with E-state index in [0.29, 0.717) is 5.92 Å². The van der Waals surface area contributed by atoms with Gasteiger partial charge < -0.3 is 5.11 Å². The highest BCUT2D eigenvalue weighted by Crippen LogP contribution is 2.09. The van der Waals surface area contributed by atoms with Crippen LogP contribution in [0.15, 0.2) is 12.2 Å². The van der Waals surface area contributed by atoms with Crippen LogP contribution < -0.4 is 0 Å². The molecule has 0 fully saturated rings. The van der Waals surface area contributed by atoms with Gasteiger partial charge in [0.2, 0.25) is 0 Å². The first-order valence-electron chi connectivity index (χ1n) is 3.36. The van der Waals surface area contributed by atoms with Gasteiger partial charge in [0, 0.05) is 0 Å². The number of aliphatic hydroxyl groups is 1. The molecule has 0 aliphatic carbocycles. The lowest BCUT2D eigenvalue weighted by Gasteiger charge is -2.13. The van der Waals surface area contributed by atoms with Crippen molar-refractivity contribution in [2.45, 2.75) is 33.3 Å². The third-order valence-electron chi connectivity index (χ3n) is 1.33. The zero-order chi connectivity index (χ0) is 7.44. The molecular weight excluding hydrogens is 112 g/mol. The molecule has 1 heteroatoms. The Balaban J connectivity index is 3.50. The predicted molar refractivity (Wildman–Crippen MR) is 40.3 cm³/mol. The van der Waals surface area contributed by atoms with E-state index in [1.807, 2.05) is 20.8 Å². The molecule has 1 atom stereocenters. The Morgan fingerprint density at radius 3 is 2.11 bits per heavy atom. The molecule has 0 heterocycles. The van der Waals surface area contributed by atoms with Crippen LogP contribution in [0, 0.1) is 5.92 Å². The molecule has 0 aliphatic heterocycles. The fourth-order valence-electron chi connectivity index (χ4n) is 0.593. The molecule has 1 nitrogen and oxygen atoms in total. The smallest absolute Gasteiger partial charge is 0.0599 e. The standard InChI is InChI=1S/C8H16O/c1-6(2)5-8(9)7(3)4/h7-9H,1,5H2,2-4H3/t8-/m0/s1. The minimum absolute atomic E-state index is 0.206. The molecule has 0 aliphatic rings. The largest absolute Gasteiger partial charge is 0.393 e. The molecule has 0 radical (unpaired) electrons. The Labute approximate surface area is 57.4 Å². The maximum absolute atomic E-state index is 9.24. The van der Waals surface area contributed by atoms with Gasteiger partial charge in [-0.25, -0.2) is 0 Å². The van der Waals surface area contributed by atoms with Gasteiger partial charge in [-0.1, -0.05) is 19.4 Å². The second kappa shape index (κ2) is 3.67. The number of hydrogen-bond donors (Lipinski definition) is 1. The van der Waals surface area contributed by atoms with E-state index in [2.05, 4.69) is 6.58 Å². The number of aliphatic hydroxyl groups excluding tert-OH is 1. The van der Waals surface area contributed by atoms with Gasteiger partial charge in [-0.15, -0.1) is 6.58 Å². The van der Waals surface area contributed by atoms with Gasteiger partial charge in [-0.2, -0.15) is 0 Å². The average Bonchev–Trinajstić information content (AvgIpc) is 1.63. The first kappa shape index (κ1) is 8.70. The van der Waals surface area contributed by atoms with Crippen LogP contribution in [0.1, 0.15) is 27.2 Å². The fraction of sp³-hybridized carbons (Fsp3) is 0.750. The molecule has 0 aromatic rings. The maximum atomic E-state index is 9.24. The summed E-state index contributed by atoms with van der Waals surface area (Å²) < 4.78 is 0. The van der Waals surface area contributed by atoms with Crippen LogP contribution >= 0.6 is 0 Å². The minimum Gasteiger partial charge on any atom is -0.393 e. The van der Waals surface area contributed by atoms with Gasteiger partial charge in [0.15, 0.2) is 0 Å². The molecule has 0 saturated heterocycles. The lowest BCUT2D eigenvalue weighted by Crippen LogP contribution is -2.14. The van der Waals surface area contributed by atoms with Crippen molar-refractivity contribution >= 4 is 0 Å². The second-order valence-electron chi connectivity index (χ2n) is 2.97. The Hall–Kier alpha value is -0.300. The number of hydrogen-bond acceptors (Lipinski definition) is 1. The molecule has 0 bridgehead atoms. The van der Waals surface area contributed by atoms with Crippen LogP contribution in [-0.4, -0.2) is 11.2 Å². The van der Waals surface area contributed by atoms with Crippen LogP contribution in [0.2, 0.25) is 0 Å². The van der Waals surface area contributed by atoms with Gasteiger partial charge in [-0.3, -0.25) is 0 Å². The van der Waals surface area contributed by atoms with E-state index in [-0.39, 0.29) is 6.10 Å². The van der Waals surface area contributed by atoms with Crippen molar-refractivity contribution in [1.29, 1.82) is 0 Å². The highest BCUT2D eigenvalue weighted by atomic mass is 16.3. The zero-order valence-corrected chi connectivity index (χ0v) is 6.52. The van der Waals surface area contributed by atoms with Gasteiger partial charge in [-0.05, 0) is 19.3 Å². The van der Waals surface area contributed by atoms with Crippen LogP contribution in [0.4, 0.5) is 0 Å². The van der Waals surface area contributed by atoms with E-state index in [0.717, 1.165) is 12.0 Å². The third-order valence-corrected chi connectivity index (χ3v) is 1.33. The van der Waals surface area contributed by atoms with E-state index in [4.69, 9.17) is 0 Å². The summed E-state index contributed by atoms with van der Waals surface area (Å²) >= 11 is 0. The van der Waals surface area contributed by atoms with Crippen molar-refractivity contribution in [2.75, 3.05) is 0 Å². The Bertz CT molecular complexity index is 94.7. The maximum Gasteiger partial charge on any atom is 0.0599 e. The van der Waals surface area contributed by atoms with Crippen LogP contribution in [0.5, 0.6) is 0 Å². The normalized spacial score (nSPS) is 13.9. The van der Waals surface area contributed by atoms with Crippen molar-refractivity contribution in [2.24, 2.45) is 5.92 Å². The molecule has 0 aromatic heterocycles. The van der Waals surface area contributed by atoms with Crippen molar-refractivity contribution in [1.82, 2.24) is 0 Å². The van der Waals surface area contributed by atoms with E-state index < -0.39 is 0 Å². The molecule has 54 valence electrons. The van der Waals surface area contributed by atoms with E-state index in [9.17, 15) is 5.11 Å². The topological polar surface area (TPSA) is 20.2 Å². The lowest BCUT2D eigenvalue weighted by molar-refractivity contribution is 0.126. The lowest BCUT2D eigenvalue weighted by atomic mass is 10.0. The fourth-order valence-corrected chi connectivity index (χ4v) is 0.593. The molecule has 0 rings (SSSR count). The van der Waals surface area contributed by atoms with Crippen LogP contribution in [0.25, 0.3) is 0 Å². The summed E-state index contributed by atoms with van der Waals surface area (Å²) in [7, 11) is 0. The third kappa shape index (κ3) is 4.22. The average molecular weight is 128 g/mol. The van der Waals surface area contributed by atoms with Crippen molar-refractivity contribution in [3.05, 3.63) is 12.2 Å². The Morgan fingerprint density at radius 1 is 1.56 bits per heavy atom. The summed E-state index contributed by atoms with van der Waals surface area (Å²) in [6.07, 6.45) is 0.528. The highest BCUT2D eigenvalue weighted by molar-refractivity contribution is 4.90. The van der Waals surface area contributed by atoms with E-state index >= 15 is 0 Å². The highest BCUT2D eigenvalue weighted by Gasteiger charge is 2.07. The van der Waals surface area contributed by atoms with E-state index in [1.54, 1.807) is 0 Å². The van der Waals surface area contributed by atoms with Gasteiger partial charge in [0.25, 0.3) is 0 Å². The summed E-state index contributed by atoms with van der Waals surface area (Å²) in [5, 5.41) is 9.24. The predicted octanol–water partition coefficient (Wildman–Crippen LogP) is 1.97. The molecule has 0 unspecified atom stereocenters. The first-order chi connectivity index (χ1) is 4.04. The quantitative estimate of drug-likeness (QED) is 0.576. The van der Waals surface area contributed by atoms with Crippen LogP contribution in [0.3, 0.4) is 0 Å². The van der Waals surface area contributed by atoms with Crippen LogP contribution in [-0.2, 0) is 0 Å². The summed E-state index contributed by atoms with van der Waals surface area (Å²) in [5.74, 6) is 0.349. The minimum atomic E-state index is -0.206. The number of rotatable bonds is 3. The monoisotopic (exact) mass is 128 g/mol. The van der Waals surface area contributed by atoms with Gasteiger partial charge in [0.05, 0.1) is 6.10 Å². The molecule has 0 spiro atoms. The van der Waals surface area contributed by atoms with Gasteiger partial charge >= 0.3 is 0 Å². The summed E-state index contributed by atoms with van der Waals surface area (Å²) in [5.41, 5.74) is 1.05. The molecule has 0 saturated carbocycles. The Morgan fingerprint density at radius 2 is 2.00 bits per heavy atom. The van der Waals surface area contributed by atoms with Crippen molar-refractivity contribution < 1.29 is 5.11 Å². The first-order valence-corrected chi connectivity index (χ1v) is 3.36. The Kier molecular flexibility index (Phi) is 3.55. The molecule has 0 aromatic carbocycles. The van der Waals surface area contributed by atoms with E-state index in [1.165, 1.54) is 0 Å². The molecule has 1 N–H and O–H groups in total. The summed E-state index contributed by atoms with van der Waals surface area (Å²) in [6.45, 7) is 9.67. The zero-order valence-electron chi connectivity index (χ0n) is 6.52. The summed E-state index contributed by atoms with van der Waals surface area (Å²) in [4.78, 5) is 0. The SMILES string of the molecule is C=C(C)C[C@H](O)C(C)C. The molecule has 0 amide bonds.